The van der Waals surface area contributed by atoms with Crippen molar-refractivity contribution >= 4 is 65.4 Å². The minimum atomic E-state index is -0.802. The maximum Gasteiger partial charge on any atom is 0.238 e. The smallest absolute Gasteiger partial charge is 0.238 e. The molecule has 12 rings (SSSR count). The summed E-state index contributed by atoms with van der Waals surface area (Å²) in [6.45, 7) is 0. The molecular formula is C51H32N6. The average Bonchev–Trinajstić information content (AvgIpc) is 4.20. The molecule has 12 aromatic rings. The van der Waals surface area contributed by atoms with Crippen LogP contribution in [-0.2, 0) is 0 Å². The summed E-state index contributed by atoms with van der Waals surface area (Å²) in [5.41, 5.74) is -2.08. The van der Waals surface area contributed by atoms with Crippen molar-refractivity contribution in [3.63, 3.8) is 0 Å². The highest BCUT2D eigenvalue weighted by Gasteiger charge is 2.22. The molecule has 57 heavy (non-hydrogen) atoms. The monoisotopic (exact) mass is 751 g/mol. The van der Waals surface area contributed by atoms with E-state index >= 15 is 0 Å². The third-order valence-electron chi connectivity index (χ3n) is 9.72. The summed E-state index contributed by atoms with van der Waals surface area (Å²) < 4.78 is 209. The Hall–Kier alpha value is -7.83. The first-order valence-corrected chi connectivity index (χ1v) is 17.3. The van der Waals surface area contributed by atoms with Crippen LogP contribution in [0.1, 0.15) is 31.5 Å². The molecule has 0 spiro atoms. The predicted octanol–water partition coefficient (Wildman–Crippen LogP) is 12.5. The Kier molecular flexibility index (Phi) is 3.57. The fourth-order valence-corrected chi connectivity index (χ4v) is 7.37. The van der Waals surface area contributed by atoms with Crippen LogP contribution in [0.2, 0.25) is 0 Å². The van der Waals surface area contributed by atoms with Crippen LogP contribution in [0.4, 0.5) is 0 Å². The molecule has 0 aliphatic carbocycles. The largest absolute Gasteiger partial charge is 0.309 e. The molecule has 266 valence electrons. The lowest BCUT2D eigenvalue weighted by atomic mass is 10.1. The van der Waals surface area contributed by atoms with Crippen LogP contribution in [0, 0.1) is 0 Å². The third-order valence-corrected chi connectivity index (χ3v) is 9.72. The molecular weight excluding hydrogens is 697 g/mol. The molecule has 0 atom stereocenters. The summed E-state index contributed by atoms with van der Waals surface area (Å²) in [7, 11) is 0. The van der Waals surface area contributed by atoms with Crippen LogP contribution in [0.5, 0.6) is 0 Å². The summed E-state index contributed by atoms with van der Waals surface area (Å²) in [6.07, 6.45) is 0. The molecule has 0 aliphatic rings. The van der Waals surface area contributed by atoms with E-state index in [0.717, 1.165) is 4.57 Å². The second-order valence-electron chi connectivity index (χ2n) is 12.7. The number of nitrogens with zero attached hydrogens (tertiary/aromatic N) is 6. The lowest BCUT2D eigenvalue weighted by Gasteiger charge is -2.15. The van der Waals surface area contributed by atoms with E-state index in [1.807, 2.05) is 0 Å². The van der Waals surface area contributed by atoms with Crippen molar-refractivity contribution in [1.29, 1.82) is 0 Å². The maximum atomic E-state index is 9.70. The molecule has 0 unspecified atom stereocenters. The molecule has 0 saturated carbocycles. The zero-order chi connectivity index (χ0) is 57.5. The van der Waals surface area contributed by atoms with Crippen molar-refractivity contribution < 1.29 is 31.5 Å². The maximum absolute atomic E-state index is 9.70. The van der Waals surface area contributed by atoms with Gasteiger partial charge in [0.1, 0.15) is 0 Å². The standard InChI is InChI=1S/C51H32N6/c1-2-16-34(17-3-1)55-42-24-10-4-22-39(42)40-31-30-33(32-48(40)55)49-52-50(54-51(53-49)57-45-27-13-7-20-37(45)38-21-8-14-28-46(38)57)41-23-9-15-29-47(41)56-43-25-11-5-18-35(43)36-19-6-12-26-44(36)56/h1-32H/i1D,2D,3D,4D,5D,6D,7D,8D,10D,11D,12D,16D,17D,18D,19D,22D,24D,25D,26D,27D,28D,30D,31D. The topological polar surface area (TPSA) is 53.5 Å². The van der Waals surface area contributed by atoms with Gasteiger partial charge in [-0.1, -0.05) is 133 Å². The first-order chi connectivity index (χ1) is 37.8. The Morgan fingerprint density at radius 1 is 0.368 bits per heavy atom. The first-order valence-electron chi connectivity index (χ1n) is 28.8. The lowest BCUT2D eigenvalue weighted by Crippen LogP contribution is -2.08. The van der Waals surface area contributed by atoms with Gasteiger partial charge in [-0.25, -0.2) is 4.98 Å². The highest BCUT2D eigenvalue weighted by Crippen LogP contribution is 2.38. The summed E-state index contributed by atoms with van der Waals surface area (Å²) in [6, 6.07) is -1.62. The fraction of sp³-hybridized carbons (Fsp3) is 0. The van der Waals surface area contributed by atoms with E-state index in [1.165, 1.54) is 63.7 Å². The van der Waals surface area contributed by atoms with Gasteiger partial charge >= 0.3 is 0 Å². The van der Waals surface area contributed by atoms with E-state index in [1.54, 1.807) is 0 Å². The molecule has 0 saturated heterocycles. The van der Waals surface area contributed by atoms with E-state index in [2.05, 4.69) is 0 Å². The van der Waals surface area contributed by atoms with Crippen LogP contribution in [0.3, 0.4) is 0 Å². The minimum Gasteiger partial charge on any atom is -0.309 e. The third kappa shape index (κ3) is 4.74. The zero-order valence-corrected chi connectivity index (χ0v) is 28.9. The molecule has 0 aliphatic heterocycles. The lowest BCUT2D eigenvalue weighted by molar-refractivity contribution is 0.952. The minimum absolute atomic E-state index is 0.0218. The van der Waals surface area contributed by atoms with Crippen molar-refractivity contribution in [3.05, 3.63) is 194 Å². The number of fused-ring (bicyclic) bond motifs is 9. The second-order valence-corrected chi connectivity index (χ2v) is 12.7. The van der Waals surface area contributed by atoms with Crippen molar-refractivity contribution in [2.75, 3.05) is 0 Å². The molecule has 0 N–H and O–H groups in total. The number of hydrogen-bond acceptors (Lipinski definition) is 3. The van der Waals surface area contributed by atoms with E-state index < -0.39 is 132 Å². The van der Waals surface area contributed by atoms with Gasteiger partial charge in [-0.3, -0.25) is 4.57 Å². The van der Waals surface area contributed by atoms with Gasteiger partial charge in [-0.05, 0) is 60.5 Å². The zero-order valence-electron chi connectivity index (χ0n) is 51.9. The van der Waals surface area contributed by atoms with Crippen LogP contribution < -0.4 is 0 Å². The Labute approximate surface area is 359 Å². The van der Waals surface area contributed by atoms with Gasteiger partial charge in [-0.2, -0.15) is 9.97 Å². The summed E-state index contributed by atoms with van der Waals surface area (Å²) in [5, 5.41) is -0.627. The van der Waals surface area contributed by atoms with Gasteiger partial charge in [0.25, 0.3) is 0 Å². The highest BCUT2D eigenvalue weighted by atomic mass is 15.2. The number of hydrogen-bond donors (Lipinski definition) is 0. The molecule has 0 bridgehead atoms. The molecule has 8 aromatic carbocycles. The van der Waals surface area contributed by atoms with E-state index in [9.17, 15) is 8.22 Å². The van der Waals surface area contributed by atoms with Gasteiger partial charge in [-0.15, -0.1) is 0 Å². The van der Waals surface area contributed by atoms with Crippen molar-refractivity contribution in [2.24, 2.45) is 0 Å². The normalized spacial score (nSPS) is 17.5. The number of rotatable bonds is 5. The van der Waals surface area contributed by atoms with Crippen LogP contribution in [0.25, 0.3) is 106 Å². The van der Waals surface area contributed by atoms with Gasteiger partial charge in [0.15, 0.2) is 11.6 Å². The van der Waals surface area contributed by atoms with Crippen LogP contribution in [-0.4, -0.2) is 28.7 Å². The number of benzene rings is 8. The van der Waals surface area contributed by atoms with Crippen molar-refractivity contribution in [3.8, 4) is 40.1 Å². The molecule has 0 fully saturated rings. The average molecular weight is 752 g/mol. The van der Waals surface area contributed by atoms with Crippen molar-refractivity contribution in [2.45, 2.75) is 0 Å². The quantitative estimate of drug-likeness (QED) is 0.176. The Morgan fingerprint density at radius 2 is 0.912 bits per heavy atom. The Balaban J connectivity index is 1.28. The van der Waals surface area contributed by atoms with Crippen LogP contribution >= 0.6 is 0 Å². The summed E-state index contributed by atoms with van der Waals surface area (Å²) >= 11 is 0. The fourth-order valence-electron chi connectivity index (χ4n) is 7.37. The van der Waals surface area contributed by atoms with Gasteiger partial charge in [0.05, 0.1) is 70.3 Å². The molecule has 0 radical (unpaired) electrons. The molecule has 4 aromatic heterocycles. The Morgan fingerprint density at radius 3 is 1.58 bits per heavy atom. The SMILES string of the molecule is [2H]c1cc([2H])c2c(c1)c1cc([2H])cc([2H])c1n2-c1nc(-c2ccccc2-n2c3c([2H])c([2H])c([2H])c([2H])c3c3c([2H])c([2H])c([2H])c([2H])c32)nc(-c2cc3c(c([2H])c2[2H])c2c([2H])c([2H])c([2H])c([2H])c2n3-c2c([2H])c([2H])c([2H])c([2H])c2[2H])n1. The summed E-state index contributed by atoms with van der Waals surface area (Å²) in [4.78, 5) is 14.7. The highest BCUT2D eigenvalue weighted by molar-refractivity contribution is 6.12. The second kappa shape index (κ2) is 12.3. The number of aromatic nitrogens is 6. The van der Waals surface area contributed by atoms with Gasteiger partial charge < -0.3 is 9.13 Å². The van der Waals surface area contributed by atoms with Crippen LogP contribution in [0.15, 0.2) is 194 Å². The van der Waals surface area contributed by atoms with E-state index in [-0.39, 0.29) is 113 Å². The predicted molar refractivity (Wildman–Crippen MR) is 234 cm³/mol. The Bertz CT molecular complexity index is 4720. The van der Waals surface area contributed by atoms with E-state index in [0.29, 0.717) is 0 Å². The van der Waals surface area contributed by atoms with Crippen molar-refractivity contribution in [1.82, 2.24) is 28.7 Å². The molecule has 6 nitrogen and oxygen atoms in total. The summed E-state index contributed by atoms with van der Waals surface area (Å²) in [5.74, 6) is -1.19. The van der Waals surface area contributed by atoms with Gasteiger partial charge in [0.2, 0.25) is 5.95 Å². The number of para-hydroxylation sites is 7. The molecule has 6 heteroatoms. The first kappa shape index (κ1) is 16.5. The van der Waals surface area contributed by atoms with Gasteiger partial charge in [0, 0.05) is 49.1 Å². The molecule has 4 heterocycles. The molecule has 0 amide bonds. The van der Waals surface area contributed by atoms with E-state index in [4.69, 9.17) is 38.3 Å².